The fraction of sp³-hybridized carbons (Fsp3) is 0.150. The molecule has 154 valence electrons. The number of hydrogen-bond acceptors (Lipinski definition) is 6. The van der Waals surface area contributed by atoms with Crippen molar-refractivity contribution in [3.8, 4) is 11.4 Å². The number of anilines is 1. The standard InChI is InChI=1S/C20H18ClN5O3S/c1-3-10-25-19(14-5-8-16(9-6-14)26(28)29)23-24-20(25)30-12-18(27)22-17-11-15(21)7-4-13(17)2/h3-9,11H,1,10,12H2,2H3,(H,22,27). The summed E-state index contributed by atoms with van der Waals surface area (Å²) in [6.07, 6.45) is 1.69. The van der Waals surface area contributed by atoms with Gasteiger partial charge in [-0.1, -0.05) is 35.5 Å². The second kappa shape index (κ2) is 9.55. The third-order valence-corrected chi connectivity index (χ3v) is 5.37. The molecule has 10 heteroatoms. The number of thioether (sulfide) groups is 1. The lowest BCUT2D eigenvalue weighted by atomic mass is 10.2. The Balaban J connectivity index is 1.74. The molecule has 1 aromatic heterocycles. The van der Waals surface area contributed by atoms with Crippen molar-refractivity contribution in [3.05, 3.63) is 75.8 Å². The fourth-order valence-electron chi connectivity index (χ4n) is 2.68. The first-order valence-corrected chi connectivity index (χ1v) is 10.2. The van der Waals surface area contributed by atoms with Crippen molar-refractivity contribution in [3.63, 3.8) is 0 Å². The summed E-state index contributed by atoms with van der Waals surface area (Å²) < 4.78 is 1.80. The maximum atomic E-state index is 12.4. The van der Waals surface area contributed by atoms with Crippen LogP contribution in [0.4, 0.5) is 11.4 Å². The molecule has 1 N–H and O–H groups in total. The van der Waals surface area contributed by atoms with E-state index in [1.54, 1.807) is 34.9 Å². The topological polar surface area (TPSA) is 103 Å². The molecule has 0 bridgehead atoms. The minimum absolute atomic E-state index is 0.00360. The molecule has 8 nitrogen and oxygen atoms in total. The average Bonchev–Trinajstić information content (AvgIpc) is 3.12. The molecule has 0 aliphatic carbocycles. The molecule has 0 radical (unpaired) electrons. The lowest BCUT2D eigenvalue weighted by molar-refractivity contribution is -0.384. The highest BCUT2D eigenvalue weighted by Crippen LogP contribution is 2.26. The number of nitro groups is 1. The Labute approximate surface area is 182 Å². The van der Waals surface area contributed by atoms with E-state index in [9.17, 15) is 14.9 Å². The van der Waals surface area contributed by atoms with Gasteiger partial charge < -0.3 is 5.32 Å². The molecule has 3 aromatic rings. The third kappa shape index (κ3) is 5.05. The zero-order valence-electron chi connectivity index (χ0n) is 16.0. The summed E-state index contributed by atoms with van der Waals surface area (Å²) in [5.74, 6) is 0.468. The van der Waals surface area contributed by atoms with Gasteiger partial charge in [0.25, 0.3) is 5.69 Å². The zero-order valence-corrected chi connectivity index (χ0v) is 17.6. The number of benzene rings is 2. The van der Waals surface area contributed by atoms with Crippen LogP contribution in [0.25, 0.3) is 11.4 Å². The summed E-state index contributed by atoms with van der Waals surface area (Å²) in [6.45, 7) is 6.06. The van der Waals surface area contributed by atoms with E-state index in [2.05, 4.69) is 22.1 Å². The van der Waals surface area contributed by atoms with Crippen LogP contribution < -0.4 is 5.32 Å². The largest absolute Gasteiger partial charge is 0.325 e. The van der Waals surface area contributed by atoms with Gasteiger partial charge in [-0.3, -0.25) is 19.5 Å². The zero-order chi connectivity index (χ0) is 21.7. The van der Waals surface area contributed by atoms with Gasteiger partial charge in [-0.15, -0.1) is 16.8 Å². The minimum atomic E-state index is -0.459. The molecule has 0 spiro atoms. The number of halogens is 1. The van der Waals surface area contributed by atoms with E-state index in [0.29, 0.717) is 33.8 Å². The Bertz CT molecular complexity index is 1100. The highest BCUT2D eigenvalue weighted by molar-refractivity contribution is 7.99. The number of nitro benzene ring substituents is 1. The lowest BCUT2D eigenvalue weighted by Crippen LogP contribution is -2.15. The van der Waals surface area contributed by atoms with Crippen LogP contribution in [-0.4, -0.2) is 31.3 Å². The Morgan fingerprint density at radius 1 is 1.30 bits per heavy atom. The summed E-state index contributed by atoms with van der Waals surface area (Å²) in [7, 11) is 0. The first-order valence-electron chi connectivity index (χ1n) is 8.86. The van der Waals surface area contributed by atoms with Gasteiger partial charge in [0.1, 0.15) is 0 Å². The van der Waals surface area contributed by atoms with Crippen LogP contribution in [0, 0.1) is 17.0 Å². The molecule has 0 aliphatic heterocycles. The minimum Gasteiger partial charge on any atom is -0.325 e. The van der Waals surface area contributed by atoms with Gasteiger partial charge in [-0.25, -0.2) is 0 Å². The van der Waals surface area contributed by atoms with Gasteiger partial charge in [0.15, 0.2) is 11.0 Å². The molecule has 1 amide bonds. The molecule has 2 aromatic carbocycles. The molecule has 0 unspecified atom stereocenters. The fourth-order valence-corrected chi connectivity index (χ4v) is 3.60. The van der Waals surface area contributed by atoms with Crippen molar-refractivity contribution >= 4 is 40.6 Å². The van der Waals surface area contributed by atoms with Crippen molar-refractivity contribution in [1.82, 2.24) is 14.8 Å². The Morgan fingerprint density at radius 2 is 2.03 bits per heavy atom. The molecular formula is C20H18ClN5O3S. The van der Waals surface area contributed by atoms with E-state index in [0.717, 1.165) is 5.56 Å². The molecular weight excluding hydrogens is 426 g/mol. The predicted molar refractivity (Wildman–Crippen MR) is 118 cm³/mol. The number of aromatic nitrogens is 3. The van der Waals surface area contributed by atoms with Gasteiger partial charge in [-0.05, 0) is 36.8 Å². The van der Waals surface area contributed by atoms with Gasteiger partial charge in [-0.2, -0.15) is 0 Å². The SMILES string of the molecule is C=CCn1c(SCC(=O)Nc2cc(Cl)ccc2C)nnc1-c1ccc([N+](=O)[O-])cc1. The maximum absolute atomic E-state index is 12.4. The van der Waals surface area contributed by atoms with Gasteiger partial charge >= 0.3 is 0 Å². The quantitative estimate of drug-likeness (QED) is 0.233. The average molecular weight is 444 g/mol. The molecule has 30 heavy (non-hydrogen) atoms. The van der Waals surface area contributed by atoms with E-state index in [1.807, 2.05) is 13.0 Å². The molecule has 0 saturated carbocycles. The van der Waals surface area contributed by atoms with Gasteiger partial charge in [0.05, 0.1) is 10.7 Å². The smallest absolute Gasteiger partial charge is 0.269 e. The number of hydrogen-bond donors (Lipinski definition) is 1. The first-order chi connectivity index (χ1) is 14.4. The van der Waals surface area contributed by atoms with E-state index < -0.39 is 4.92 Å². The van der Waals surface area contributed by atoms with Crippen molar-refractivity contribution in [2.75, 3.05) is 11.1 Å². The lowest BCUT2D eigenvalue weighted by Gasteiger charge is -2.10. The summed E-state index contributed by atoms with van der Waals surface area (Å²) in [5, 5.41) is 23.1. The monoisotopic (exact) mass is 443 g/mol. The predicted octanol–water partition coefficient (Wildman–Crippen LogP) is 4.73. The van der Waals surface area contributed by atoms with E-state index in [1.165, 1.54) is 23.9 Å². The second-order valence-corrected chi connectivity index (χ2v) is 7.68. The molecule has 1 heterocycles. The maximum Gasteiger partial charge on any atom is 0.269 e. The van der Waals surface area contributed by atoms with Crippen LogP contribution in [0.15, 0.2) is 60.3 Å². The molecule has 0 fully saturated rings. The normalized spacial score (nSPS) is 10.6. The summed E-state index contributed by atoms with van der Waals surface area (Å²) in [5.41, 5.74) is 2.25. The van der Waals surface area contributed by atoms with Crippen molar-refractivity contribution in [2.24, 2.45) is 0 Å². The highest BCUT2D eigenvalue weighted by Gasteiger charge is 2.16. The Kier molecular flexibility index (Phi) is 6.86. The van der Waals surface area contributed by atoms with Gasteiger partial charge in [0, 0.05) is 35.0 Å². The second-order valence-electron chi connectivity index (χ2n) is 6.31. The number of amides is 1. The van der Waals surface area contributed by atoms with Crippen LogP contribution in [-0.2, 0) is 11.3 Å². The number of rotatable bonds is 8. The summed E-state index contributed by atoms with van der Waals surface area (Å²) in [4.78, 5) is 22.8. The summed E-state index contributed by atoms with van der Waals surface area (Å²) >= 11 is 7.23. The first kappa shape index (κ1) is 21.5. The number of nitrogens with one attached hydrogen (secondary N) is 1. The van der Waals surface area contributed by atoms with Gasteiger partial charge in [0.2, 0.25) is 5.91 Å². The summed E-state index contributed by atoms with van der Waals surface area (Å²) in [6, 6.07) is 11.4. The van der Waals surface area contributed by atoms with Crippen LogP contribution in [0.5, 0.6) is 0 Å². The van der Waals surface area contributed by atoms with E-state index in [4.69, 9.17) is 11.6 Å². The molecule has 0 atom stereocenters. The van der Waals surface area contributed by atoms with Crippen LogP contribution in [0.1, 0.15) is 5.56 Å². The number of aryl methyl sites for hydroxylation is 1. The van der Waals surface area contributed by atoms with Crippen LogP contribution >= 0.6 is 23.4 Å². The Morgan fingerprint density at radius 3 is 2.70 bits per heavy atom. The number of non-ortho nitro benzene ring substituents is 1. The number of allylic oxidation sites excluding steroid dienone is 1. The van der Waals surface area contributed by atoms with Crippen LogP contribution in [0.3, 0.4) is 0 Å². The number of nitrogens with zero attached hydrogens (tertiary/aromatic N) is 4. The number of carbonyl (C=O) groups is 1. The molecule has 3 rings (SSSR count). The Hall–Kier alpha value is -3.17. The van der Waals surface area contributed by atoms with E-state index >= 15 is 0 Å². The number of carbonyl (C=O) groups excluding carboxylic acids is 1. The third-order valence-electron chi connectivity index (χ3n) is 4.17. The van der Waals surface area contributed by atoms with Crippen molar-refractivity contribution in [1.29, 1.82) is 0 Å². The van der Waals surface area contributed by atoms with Crippen molar-refractivity contribution < 1.29 is 9.72 Å². The van der Waals surface area contributed by atoms with E-state index in [-0.39, 0.29) is 17.3 Å². The van der Waals surface area contributed by atoms with Crippen LogP contribution in [0.2, 0.25) is 5.02 Å². The molecule has 0 aliphatic rings. The molecule has 0 saturated heterocycles. The highest BCUT2D eigenvalue weighted by atomic mass is 35.5. The van der Waals surface area contributed by atoms with Crippen molar-refractivity contribution in [2.45, 2.75) is 18.6 Å².